The maximum Gasteiger partial charge on any atom is 0.275 e. The second-order valence-electron chi connectivity index (χ2n) is 4.42. The van der Waals surface area contributed by atoms with E-state index in [0.717, 1.165) is 6.42 Å². The fourth-order valence-corrected chi connectivity index (χ4v) is 1.96. The molecule has 20 heavy (non-hydrogen) atoms. The molecule has 0 aliphatic carbocycles. The summed E-state index contributed by atoms with van der Waals surface area (Å²) in [6.07, 6.45) is 0.872. The molecule has 1 atom stereocenters. The molecule has 0 saturated carbocycles. The van der Waals surface area contributed by atoms with Gasteiger partial charge in [-0.3, -0.25) is 14.9 Å². The fourth-order valence-electron chi connectivity index (χ4n) is 1.61. The number of nitrogens with one attached hydrogen (secondary N) is 2. The third-order valence-electron chi connectivity index (χ3n) is 2.79. The highest BCUT2D eigenvalue weighted by atomic mass is 79.9. The highest BCUT2D eigenvalue weighted by Gasteiger charge is 2.16. The van der Waals surface area contributed by atoms with Crippen LogP contribution >= 0.6 is 15.9 Å². The molecule has 0 fully saturated rings. The number of nitro benzene ring substituents is 1. The van der Waals surface area contributed by atoms with Crippen LogP contribution in [-0.4, -0.2) is 23.4 Å². The lowest BCUT2D eigenvalue weighted by Gasteiger charge is -2.13. The zero-order valence-corrected chi connectivity index (χ0v) is 13.1. The van der Waals surface area contributed by atoms with Crippen molar-refractivity contribution in [3.63, 3.8) is 0 Å². The van der Waals surface area contributed by atoms with Gasteiger partial charge in [-0.1, -0.05) is 22.9 Å². The van der Waals surface area contributed by atoms with Gasteiger partial charge in [0.1, 0.15) is 0 Å². The Kier molecular flexibility index (Phi) is 6.60. The Bertz CT molecular complexity index is 494. The lowest BCUT2D eigenvalue weighted by atomic mass is 10.1. The number of nitrogens with zero attached hydrogens (tertiary/aromatic N) is 1. The van der Waals surface area contributed by atoms with Crippen LogP contribution in [0.5, 0.6) is 0 Å². The van der Waals surface area contributed by atoms with Crippen LogP contribution in [0.4, 0.5) is 5.69 Å². The molecule has 7 heteroatoms. The van der Waals surface area contributed by atoms with E-state index in [2.05, 4.69) is 26.6 Å². The van der Waals surface area contributed by atoms with Crippen molar-refractivity contribution in [3.05, 3.63) is 38.3 Å². The largest absolute Gasteiger partial charge is 0.355 e. The van der Waals surface area contributed by atoms with Gasteiger partial charge in [-0.2, -0.15) is 0 Å². The molecule has 0 bridgehead atoms. The monoisotopic (exact) mass is 343 g/mol. The van der Waals surface area contributed by atoms with Gasteiger partial charge in [0.25, 0.3) is 5.69 Å². The van der Waals surface area contributed by atoms with Crippen LogP contribution in [0.3, 0.4) is 0 Å². The van der Waals surface area contributed by atoms with E-state index in [1.807, 2.05) is 6.92 Å². The molecular formula is C13H18BrN3O3. The third-order valence-corrected chi connectivity index (χ3v) is 3.28. The maximum absolute atomic E-state index is 11.7. The van der Waals surface area contributed by atoms with Crippen LogP contribution in [-0.2, 0) is 11.3 Å². The summed E-state index contributed by atoms with van der Waals surface area (Å²) in [5.41, 5.74) is 0.585. The van der Waals surface area contributed by atoms with E-state index in [-0.39, 0.29) is 18.1 Å². The fraction of sp³-hybridized carbons (Fsp3) is 0.462. The summed E-state index contributed by atoms with van der Waals surface area (Å²) in [7, 11) is 0. The topological polar surface area (TPSA) is 84.3 Å². The first-order valence-electron chi connectivity index (χ1n) is 6.39. The van der Waals surface area contributed by atoms with Crippen molar-refractivity contribution < 1.29 is 9.72 Å². The molecule has 1 aromatic rings. The minimum Gasteiger partial charge on any atom is -0.355 e. The Morgan fingerprint density at radius 2 is 2.20 bits per heavy atom. The quantitative estimate of drug-likeness (QED) is 0.587. The summed E-state index contributed by atoms with van der Waals surface area (Å²) in [6, 6.07) is 4.47. The maximum atomic E-state index is 11.7. The normalized spacial score (nSPS) is 11.9. The molecule has 0 aliphatic heterocycles. The highest BCUT2D eigenvalue weighted by Crippen LogP contribution is 2.23. The van der Waals surface area contributed by atoms with Gasteiger partial charge in [-0.05, 0) is 25.5 Å². The zero-order valence-electron chi connectivity index (χ0n) is 11.5. The molecule has 0 spiro atoms. The van der Waals surface area contributed by atoms with Gasteiger partial charge in [0, 0.05) is 29.2 Å². The Hall–Kier alpha value is -1.47. The van der Waals surface area contributed by atoms with Crippen molar-refractivity contribution in [3.8, 4) is 0 Å². The molecule has 6 nitrogen and oxygen atoms in total. The summed E-state index contributed by atoms with van der Waals surface area (Å²) in [5, 5.41) is 16.7. The van der Waals surface area contributed by atoms with Gasteiger partial charge < -0.3 is 10.6 Å². The van der Waals surface area contributed by atoms with Crippen molar-refractivity contribution in [2.45, 2.75) is 32.9 Å². The minimum absolute atomic E-state index is 0.0352. The second kappa shape index (κ2) is 7.96. The summed E-state index contributed by atoms with van der Waals surface area (Å²) in [4.78, 5) is 22.2. The number of carbonyl (C=O) groups excluding carboxylic acids is 1. The van der Waals surface area contributed by atoms with Gasteiger partial charge in [-0.15, -0.1) is 0 Å². The minimum atomic E-state index is -0.427. The first-order chi connectivity index (χ1) is 9.45. The smallest absolute Gasteiger partial charge is 0.275 e. The molecule has 2 N–H and O–H groups in total. The van der Waals surface area contributed by atoms with E-state index in [4.69, 9.17) is 0 Å². The number of nitro groups is 1. The van der Waals surface area contributed by atoms with Crippen LogP contribution < -0.4 is 10.6 Å². The van der Waals surface area contributed by atoms with Gasteiger partial charge in [0.2, 0.25) is 5.91 Å². The second-order valence-corrected chi connectivity index (χ2v) is 5.34. The van der Waals surface area contributed by atoms with Crippen LogP contribution in [0.2, 0.25) is 0 Å². The molecule has 1 rings (SSSR count). The van der Waals surface area contributed by atoms with Crippen LogP contribution in [0.25, 0.3) is 0 Å². The lowest BCUT2D eigenvalue weighted by Crippen LogP contribution is -2.42. The van der Waals surface area contributed by atoms with E-state index in [1.165, 1.54) is 6.07 Å². The van der Waals surface area contributed by atoms with Gasteiger partial charge in [0.05, 0.1) is 11.0 Å². The average Bonchev–Trinajstić information content (AvgIpc) is 2.42. The first kappa shape index (κ1) is 16.6. The highest BCUT2D eigenvalue weighted by molar-refractivity contribution is 9.10. The van der Waals surface area contributed by atoms with Crippen molar-refractivity contribution in [1.82, 2.24) is 10.6 Å². The van der Waals surface area contributed by atoms with Crippen molar-refractivity contribution >= 4 is 27.5 Å². The van der Waals surface area contributed by atoms with E-state index in [1.54, 1.807) is 19.1 Å². The SMILES string of the molecule is CCCNC(=O)C(C)NCc1ccc(Br)cc1[N+](=O)[O-]. The average molecular weight is 344 g/mol. The Morgan fingerprint density at radius 3 is 2.80 bits per heavy atom. The Morgan fingerprint density at radius 1 is 1.50 bits per heavy atom. The van der Waals surface area contributed by atoms with Crippen molar-refractivity contribution in [2.24, 2.45) is 0 Å². The van der Waals surface area contributed by atoms with Crippen molar-refractivity contribution in [1.29, 1.82) is 0 Å². The summed E-state index contributed by atoms with van der Waals surface area (Å²) in [6.45, 7) is 4.60. The van der Waals surface area contributed by atoms with E-state index in [0.29, 0.717) is 16.6 Å². The number of hydrogen-bond donors (Lipinski definition) is 2. The standard InChI is InChI=1S/C13H18BrN3O3/c1-3-6-15-13(18)9(2)16-8-10-4-5-11(14)7-12(10)17(19)20/h4-5,7,9,16H,3,6,8H2,1-2H3,(H,15,18). The molecule has 0 saturated heterocycles. The third kappa shape index (κ3) is 4.90. The van der Waals surface area contributed by atoms with Crippen LogP contribution in [0, 0.1) is 10.1 Å². The molecule has 0 heterocycles. The van der Waals surface area contributed by atoms with E-state index < -0.39 is 11.0 Å². The molecule has 1 unspecified atom stereocenters. The predicted octanol–water partition coefficient (Wildman–Crippen LogP) is 2.36. The molecule has 1 aromatic carbocycles. The molecule has 0 aromatic heterocycles. The number of carbonyl (C=O) groups is 1. The number of benzene rings is 1. The number of amides is 1. The van der Waals surface area contributed by atoms with Gasteiger partial charge >= 0.3 is 0 Å². The number of rotatable bonds is 7. The Labute approximate surface area is 126 Å². The molecule has 110 valence electrons. The van der Waals surface area contributed by atoms with Gasteiger partial charge in [-0.25, -0.2) is 0 Å². The molecule has 1 amide bonds. The first-order valence-corrected chi connectivity index (χ1v) is 7.19. The molecule has 0 radical (unpaired) electrons. The van der Waals surface area contributed by atoms with Crippen molar-refractivity contribution in [2.75, 3.05) is 6.54 Å². The summed E-state index contributed by atoms with van der Waals surface area (Å²) < 4.78 is 0.654. The predicted molar refractivity (Wildman–Crippen MR) is 80.4 cm³/mol. The number of halogens is 1. The van der Waals surface area contributed by atoms with Crippen LogP contribution in [0.15, 0.2) is 22.7 Å². The van der Waals surface area contributed by atoms with E-state index in [9.17, 15) is 14.9 Å². The lowest BCUT2D eigenvalue weighted by molar-refractivity contribution is -0.385. The Balaban J connectivity index is 2.65. The summed E-state index contributed by atoms with van der Waals surface area (Å²) >= 11 is 3.21. The molecular weight excluding hydrogens is 326 g/mol. The van der Waals surface area contributed by atoms with Crippen LogP contribution in [0.1, 0.15) is 25.8 Å². The zero-order chi connectivity index (χ0) is 15.1. The number of hydrogen-bond acceptors (Lipinski definition) is 4. The van der Waals surface area contributed by atoms with E-state index >= 15 is 0 Å². The van der Waals surface area contributed by atoms with Gasteiger partial charge in [0.15, 0.2) is 0 Å². The summed E-state index contributed by atoms with van der Waals surface area (Å²) in [5.74, 6) is -0.105. The molecule has 0 aliphatic rings.